The highest BCUT2D eigenvalue weighted by molar-refractivity contribution is 5.96. The average molecular weight is 276 g/mol. The van der Waals surface area contributed by atoms with Gasteiger partial charge in [0, 0.05) is 6.07 Å². The number of benzene rings is 1. The third-order valence-electron chi connectivity index (χ3n) is 4.49. The fourth-order valence-corrected chi connectivity index (χ4v) is 3.43. The van der Waals surface area contributed by atoms with Gasteiger partial charge in [0.1, 0.15) is 11.5 Å². The number of aromatic hydroxyl groups is 1. The van der Waals surface area contributed by atoms with E-state index in [1.165, 1.54) is 26.0 Å². The van der Waals surface area contributed by atoms with Crippen molar-refractivity contribution >= 4 is 11.6 Å². The lowest BCUT2D eigenvalue weighted by Gasteiger charge is -2.18. The van der Waals surface area contributed by atoms with Crippen LogP contribution in [0.3, 0.4) is 0 Å². The zero-order chi connectivity index (χ0) is 14.1. The van der Waals surface area contributed by atoms with Gasteiger partial charge in [-0.25, -0.2) is 0 Å². The molecule has 0 bridgehead atoms. The van der Waals surface area contributed by atoms with Gasteiger partial charge in [0.25, 0.3) is 0 Å². The number of methoxy groups -OCH3 is 1. The number of ether oxygens (including phenoxy) is 1. The van der Waals surface area contributed by atoms with Crippen LogP contribution in [-0.2, 0) is 4.79 Å². The smallest absolute Gasteiger partial charge is 0.241 e. The fraction of sp³-hybridized carbons (Fsp3) is 0.533. The minimum absolute atomic E-state index is 0.0265. The van der Waals surface area contributed by atoms with Crippen LogP contribution in [-0.4, -0.2) is 30.7 Å². The van der Waals surface area contributed by atoms with E-state index in [9.17, 15) is 9.90 Å². The lowest BCUT2D eigenvalue weighted by atomic mass is 9.93. The van der Waals surface area contributed by atoms with Crippen molar-refractivity contribution in [1.82, 2.24) is 5.32 Å². The number of carbonyl (C=O) groups is 1. The van der Waals surface area contributed by atoms with Crippen molar-refractivity contribution in [2.24, 2.45) is 11.8 Å². The van der Waals surface area contributed by atoms with Crippen molar-refractivity contribution < 1.29 is 14.6 Å². The lowest BCUT2D eigenvalue weighted by Crippen LogP contribution is -2.39. The monoisotopic (exact) mass is 276 g/mol. The number of rotatable bonds is 3. The molecule has 5 nitrogen and oxygen atoms in total. The van der Waals surface area contributed by atoms with Crippen molar-refractivity contribution in [1.29, 1.82) is 0 Å². The largest absolute Gasteiger partial charge is 0.506 e. The number of nitrogens with one attached hydrogen (secondary N) is 2. The quantitative estimate of drug-likeness (QED) is 0.735. The zero-order valence-electron chi connectivity index (χ0n) is 11.6. The van der Waals surface area contributed by atoms with E-state index in [-0.39, 0.29) is 17.7 Å². The Kier molecular flexibility index (Phi) is 3.53. The molecule has 0 radical (unpaired) electrons. The first-order chi connectivity index (χ1) is 9.69. The van der Waals surface area contributed by atoms with Gasteiger partial charge in [0.05, 0.1) is 18.8 Å². The average Bonchev–Trinajstić information content (AvgIpc) is 3.03. The molecule has 1 aliphatic carbocycles. The summed E-state index contributed by atoms with van der Waals surface area (Å²) in [5.41, 5.74) is 0.430. The minimum Gasteiger partial charge on any atom is -0.506 e. The summed E-state index contributed by atoms with van der Waals surface area (Å²) in [7, 11) is 1.54. The summed E-state index contributed by atoms with van der Waals surface area (Å²) < 4.78 is 5.03. The molecule has 0 spiro atoms. The molecule has 1 aromatic rings. The molecule has 108 valence electrons. The third-order valence-corrected chi connectivity index (χ3v) is 4.49. The van der Waals surface area contributed by atoms with E-state index in [1.54, 1.807) is 12.1 Å². The first-order valence-electron chi connectivity index (χ1n) is 7.10. The van der Waals surface area contributed by atoms with E-state index in [2.05, 4.69) is 10.6 Å². The summed E-state index contributed by atoms with van der Waals surface area (Å²) in [5, 5.41) is 16.0. The highest BCUT2D eigenvalue weighted by Crippen LogP contribution is 2.38. The number of hydrogen-bond acceptors (Lipinski definition) is 4. The molecule has 2 aliphatic rings. The second-order valence-electron chi connectivity index (χ2n) is 5.61. The van der Waals surface area contributed by atoms with Crippen LogP contribution >= 0.6 is 0 Å². The summed E-state index contributed by atoms with van der Waals surface area (Å²) in [4.78, 5) is 12.3. The van der Waals surface area contributed by atoms with Crippen molar-refractivity contribution in [2.45, 2.75) is 25.3 Å². The Labute approximate surface area is 118 Å². The van der Waals surface area contributed by atoms with Gasteiger partial charge in [-0.15, -0.1) is 0 Å². The molecule has 3 rings (SSSR count). The molecule has 5 heteroatoms. The molecule has 1 heterocycles. The van der Waals surface area contributed by atoms with Gasteiger partial charge in [0.2, 0.25) is 5.91 Å². The van der Waals surface area contributed by atoms with Crippen molar-refractivity contribution in [3.8, 4) is 11.5 Å². The van der Waals surface area contributed by atoms with Crippen LogP contribution in [0, 0.1) is 11.8 Å². The topological polar surface area (TPSA) is 70.6 Å². The Morgan fingerprint density at radius 2 is 2.30 bits per heavy atom. The van der Waals surface area contributed by atoms with Gasteiger partial charge in [0.15, 0.2) is 0 Å². The molecule has 2 fully saturated rings. The van der Waals surface area contributed by atoms with Gasteiger partial charge < -0.3 is 20.5 Å². The van der Waals surface area contributed by atoms with Crippen LogP contribution in [0.5, 0.6) is 11.5 Å². The van der Waals surface area contributed by atoms with Gasteiger partial charge >= 0.3 is 0 Å². The Hall–Kier alpha value is -1.75. The number of anilines is 1. The second kappa shape index (κ2) is 5.32. The van der Waals surface area contributed by atoms with Gasteiger partial charge in [-0.1, -0.05) is 6.42 Å². The van der Waals surface area contributed by atoms with Crippen LogP contribution in [0.4, 0.5) is 5.69 Å². The Morgan fingerprint density at radius 3 is 3.05 bits per heavy atom. The normalized spacial score (nSPS) is 28.1. The molecule has 3 N–H and O–H groups in total. The SMILES string of the molecule is COc1ccc(NC(=O)C2NCC3CCCC32)c(O)c1. The first kappa shape index (κ1) is 13.2. The summed E-state index contributed by atoms with van der Waals surface area (Å²) in [5.74, 6) is 1.61. The van der Waals surface area contributed by atoms with Crippen molar-refractivity contribution in [2.75, 3.05) is 19.0 Å². The first-order valence-corrected chi connectivity index (χ1v) is 7.10. The highest BCUT2D eigenvalue weighted by atomic mass is 16.5. The maximum atomic E-state index is 12.3. The molecular formula is C15H20N2O3. The minimum atomic E-state index is -0.135. The predicted molar refractivity (Wildman–Crippen MR) is 75.9 cm³/mol. The van der Waals surface area contributed by atoms with Crippen molar-refractivity contribution in [3.05, 3.63) is 18.2 Å². The number of phenols is 1. The van der Waals surface area contributed by atoms with E-state index in [0.717, 1.165) is 13.0 Å². The van der Waals surface area contributed by atoms with E-state index in [1.807, 2.05) is 0 Å². The summed E-state index contributed by atoms with van der Waals surface area (Å²) in [6, 6.07) is 4.74. The zero-order valence-corrected chi connectivity index (χ0v) is 11.6. The van der Waals surface area contributed by atoms with E-state index >= 15 is 0 Å². The van der Waals surface area contributed by atoms with E-state index in [4.69, 9.17) is 4.74 Å². The molecule has 0 aromatic heterocycles. The maximum absolute atomic E-state index is 12.3. The Balaban J connectivity index is 1.70. The summed E-state index contributed by atoms with van der Waals surface area (Å²) >= 11 is 0. The fourth-order valence-electron chi connectivity index (χ4n) is 3.43. The number of fused-ring (bicyclic) bond motifs is 1. The standard InChI is InChI=1S/C15H20N2O3/c1-20-10-5-6-12(13(18)7-10)17-15(19)14-11-4-2-3-9(11)8-16-14/h5-7,9,11,14,16,18H,2-4,8H2,1H3,(H,17,19). The number of carbonyl (C=O) groups excluding carboxylic acids is 1. The van der Waals surface area contributed by atoms with Crippen LogP contribution in [0.25, 0.3) is 0 Å². The summed E-state index contributed by atoms with van der Waals surface area (Å²) in [6.45, 7) is 0.928. The lowest BCUT2D eigenvalue weighted by molar-refractivity contribution is -0.118. The molecule has 1 aliphatic heterocycles. The molecule has 1 saturated carbocycles. The van der Waals surface area contributed by atoms with E-state index in [0.29, 0.717) is 23.3 Å². The van der Waals surface area contributed by atoms with Gasteiger partial charge in [-0.3, -0.25) is 4.79 Å². The Bertz CT molecular complexity index is 518. The highest BCUT2D eigenvalue weighted by Gasteiger charge is 2.42. The second-order valence-corrected chi connectivity index (χ2v) is 5.61. The third kappa shape index (κ3) is 2.33. The number of hydrogen-bond donors (Lipinski definition) is 3. The maximum Gasteiger partial charge on any atom is 0.241 e. The summed E-state index contributed by atoms with van der Waals surface area (Å²) in [6.07, 6.45) is 3.55. The van der Waals surface area contributed by atoms with Crippen LogP contribution < -0.4 is 15.4 Å². The molecule has 1 saturated heterocycles. The van der Waals surface area contributed by atoms with Crippen LogP contribution in [0.1, 0.15) is 19.3 Å². The molecule has 20 heavy (non-hydrogen) atoms. The number of phenolic OH excluding ortho intramolecular Hbond substituents is 1. The Morgan fingerprint density at radius 1 is 1.45 bits per heavy atom. The van der Waals surface area contributed by atoms with Gasteiger partial charge in [-0.05, 0) is 43.4 Å². The number of amides is 1. The van der Waals surface area contributed by atoms with Crippen molar-refractivity contribution in [3.63, 3.8) is 0 Å². The molecule has 1 amide bonds. The van der Waals surface area contributed by atoms with Crippen LogP contribution in [0.2, 0.25) is 0 Å². The molecule has 3 atom stereocenters. The molecule has 3 unspecified atom stereocenters. The van der Waals surface area contributed by atoms with E-state index < -0.39 is 0 Å². The van der Waals surface area contributed by atoms with Crippen LogP contribution in [0.15, 0.2) is 18.2 Å². The molecule has 1 aromatic carbocycles. The molecular weight excluding hydrogens is 256 g/mol. The van der Waals surface area contributed by atoms with Gasteiger partial charge in [-0.2, -0.15) is 0 Å². The predicted octanol–water partition coefficient (Wildman–Crippen LogP) is 1.73.